The first kappa shape index (κ1) is 17.2. The molecule has 1 fully saturated rings. The van der Waals surface area contributed by atoms with Crippen molar-refractivity contribution in [3.8, 4) is 0 Å². The Hall–Kier alpha value is -2.11. The predicted octanol–water partition coefficient (Wildman–Crippen LogP) is 2.61. The van der Waals surface area contributed by atoms with Crippen molar-refractivity contribution in [2.75, 3.05) is 13.2 Å². The third kappa shape index (κ3) is 5.23. The lowest BCUT2D eigenvalue weighted by atomic mass is 10.0. The number of alkyl halides is 1. The average Bonchev–Trinajstić information content (AvgIpc) is 3.02. The van der Waals surface area contributed by atoms with Gasteiger partial charge in [-0.05, 0) is 31.2 Å². The summed E-state index contributed by atoms with van der Waals surface area (Å²) in [7, 11) is 0. The van der Waals surface area contributed by atoms with Gasteiger partial charge >= 0.3 is 12.0 Å². The maximum atomic E-state index is 12.9. The summed E-state index contributed by atoms with van der Waals surface area (Å²) in [6, 6.07) is 8.69. The molecule has 2 rings (SSSR count). The molecule has 0 aliphatic carbocycles. The summed E-state index contributed by atoms with van der Waals surface area (Å²) in [6.45, 7) is 0.0172. The highest BCUT2D eigenvalue weighted by Gasteiger charge is 2.29. The van der Waals surface area contributed by atoms with Crippen molar-refractivity contribution in [1.29, 1.82) is 0 Å². The molecule has 0 spiro atoms. The van der Waals surface area contributed by atoms with Gasteiger partial charge < -0.3 is 15.3 Å². The Morgan fingerprint density at radius 2 is 2.09 bits per heavy atom. The third-order valence-electron chi connectivity index (χ3n) is 4.18. The second kappa shape index (κ2) is 8.50. The molecule has 1 aliphatic rings. The number of aliphatic carboxylic acids is 1. The Morgan fingerprint density at radius 3 is 2.74 bits per heavy atom. The number of halogens is 1. The van der Waals surface area contributed by atoms with Crippen molar-refractivity contribution in [3.63, 3.8) is 0 Å². The lowest BCUT2D eigenvalue weighted by Gasteiger charge is -2.26. The van der Waals surface area contributed by atoms with E-state index in [1.165, 1.54) is 4.90 Å². The number of carboxylic acid groups (broad SMARTS) is 1. The highest BCUT2D eigenvalue weighted by atomic mass is 19.1. The number of amides is 2. The van der Waals surface area contributed by atoms with Gasteiger partial charge in [0.2, 0.25) is 0 Å². The molecule has 6 heteroatoms. The number of hydrogen-bond acceptors (Lipinski definition) is 2. The molecule has 1 heterocycles. The summed E-state index contributed by atoms with van der Waals surface area (Å²) in [5.74, 6) is -0.889. The van der Waals surface area contributed by atoms with Crippen molar-refractivity contribution in [3.05, 3.63) is 35.9 Å². The molecule has 5 nitrogen and oxygen atoms in total. The summed E-state index contributed by atoms with van der Waals surface area (Å²) in [6.07, 6.45) is 2.39. The second-order valence-electron chi connectivity index (χ2n) is 5.91. The maximum Gasteiger partial charge on any atom is 0.317 e. The quantitative estimate of drug-likeness (QED) is 0.811. The van der Waals surface area contributed by atoms with Crippen LogP contribution in [0.5, 0.6) is 0 Å². The number of carbonyl (C=O) groups excluding carboxylic acids is 1. The monoisotopic (exact) mass is 322 g/mol. The van der Waals surface area contributed by atoms with Crippen LogP contribution < -0.4 is 5.32 Å². The summed E-state index contributed by atoms with van der Waals surface area (Å²) < 4.78 is 12.9. The van der Waals surface area contributed by atoms with Gasteiger partial charge in [0.15, 0.2) is 0 Å². The lowest BCUT2D eigenvalue weighted by molar-refractivity contribution is -0.137. The van der Waals surface area contributed by atoms with Gasteiger partial charge in [-0.25, -0.2) is 9.18 Å². The normalized spacial score (nSPS) is 18.7. The third-order valence-corrected chi connectivity index (χ3v) is 4.18. The van der Waals surface area contributed by atoms with Crippen LogP contribution >= 0.6 is 0 Å². The molecular formula is C17H23FN2O3. The van der Waals surface area contributed by atoms with Crippen LogP contribution in [0.2, 0.25) is 0 Å². The van der Waals surface area contributed by atoms with E-state index in [0.29, 0.717) is 25.8 Å². The van der Waals surface area contributed by atoms with Gasteiger partial charge in [0.05, 0.1) is 6.04 Å². The molecular weight excluding hydrogens is 299 g/mol. The molecule has 2 atom stereocenters. The molecule has 2 N–H and O–H groups in total. The van der Waals surface area contributed by atoms with Crippen LogP contribution in [0.4, 0.5) is 9.18 Å². The van der Waals surface area contributed by atoms with Gasteiger partial charge in [0.1, 0.15) is 6.67 Å². The van der Waals surface area contributed by atoms with E-state index in [2.05, 4.69) is 5.32 Å². The van der Waals surface area contributed by atoms with Crippen LogP contribution in [0.15, 0.2) is 30.3 Å². The molecule has 1 aromatic carbocycles. The Bertz CT molecular complexity index is 524. The first-order valence-corrected chi connectivity index (χ1v) is 7.99. The topological polar surface area (TPSA) is 69.6 Å². The van der Waals surface area contributed by atoms with E-state index in [4.69, 9.17) is 5.11 Å². The first-order valence-electron chi connectivity index (χ1n) is 7.99. The molecule has 0 bridgehead atoms. The van der Waals surface area contributed by atoms with Crippen molar-refractivity contribution in [2.24, 2.45) is 0 Å². The van der Waals surface area contributed by atoms with Gasteiger partial charge in [-0.2, -0.15) is 0 Å². The average molecular weight is 322 g/mol. The van der Waals surface area contributed by atoms with Crippen molar-refractivity contribution in [2.45, 2.75) is 44.2 Å². The van der Waals surface area contributed by atoms with Gasteiger partial charge in [0, 0.05) is 19.0 Å². The standard InChI is InChI=1S/C17H23FN2O3/c18-12-15-7-4-10-20(15)17(23)19-14(8-9-16(21)22)11-13-5-2-1-3-6-13/h1-3,5-6,14-15H,4,7-12H2,(H,19,23)(H,21,22). The summed E-state index contributed by atoms with van der Waals surface area (Å²) in [4.78, 5) is 24.7. The Labute approximate surface area is 135 Å². The molecule has 2 amide bonds. The minimum atomic E-state index is -0.889. The van der Waals surface area contributed by atoms with Gasteiger partial charge in [0.25, 0.3) is 0 Å². The van der Waals surface area contributed by atoms with E-state index >= 15 is 0 Å². The lowest BCUT2D eigenvalue weighted by Crippen LogP contribution is -2.48. The fraction of sp³-hybridized carbons (Fsp3) is 0.529. The highest BCUT2D eigenvalue weighted by Crippen LogP contribution is 2.18. The molecule has 2 unspecified atom stereocenters. The summed E-state index contributed by atoms with van der Waals surface area (Å²) in [5.41, 5.74) is 1.03. The van der Waals surface area contributed by atoms with E-state index in [1.54, 1.807) is 0 Å². The number of nitrogens with one attached hydrogen (secondary N) is 1. The number of carbonyl (C=O) groups is 2. The van der Waals surface area contributed by atoms with Crippen LogP contribution in [0, 0.1) is 0 Å². The van der Waals surface area contributed by atoms with E-state index < -0.39 is 12.6 Å². The number of likely N-dealkylation sites (tertiary alicyclic amines) is 1. The molecule has 1 aliphatic heterocycles. The second-order valence-corrected chi connectivity index (χ2v) is 5.91. The van der Waals surface area contributed by atoms with E-state index in [1.807, 2.05) is 30.3 Å². The minimum Gasteiger partial charge on any atom is -0.481 e. The fourth-order valence-electron chi connectivity index (χ4n) is 2.94. The number of benzene rings is 1. The predicted molar refractivity (Wildman–Crippen MR) is 85.0 cm³/mol. The Kier molecular flexibility index (Phi) is 6.38. The van der Waals surface area contributed by atoms with E-state index in [0.717, 1.165) is 12.0 Å². The van der Waals surface area contributed by atoms with Crippen molar-refractivity contribution in [1.82, 2.24) is 10.2 Å². The van der Waals surface area contributed by atoms with Crippen LogP contribution in [-0.2, 0) is 11.2 Å². The first-order chi connectivity index (χ1) is 11.1. The van der Waals surface area contributed by atoms with E-state index in [9.17, 15) is 14.0 Å². The zero-order chi connectivity index (χ0) is 16.7. The van der Waals surface area contributed by atoms with Gasteiger partial charge in [-0.1, -0.05) is 30.3 Å². The minimum absolute atomic E-state index is 0.00960. The molecule has 0 radical (unpaired) electrons. The smallest absolute Gasteiger partial charge is 0.317 e. The van der Waals surface area contributed by atoms with E-state index in [-0.39, 0.29) is 24.5 Å². The number of urea groups is 1. The Morgan fingerprint density at radius 1 is 1.35 bits per heavy atom. The number of hydrogen-bond donors (Lipinski definition) is 2. The fourth-order valence-corrected chi connectivity index (χ4v) is 2.94. The largest absolute Gasteiger partial charge is 0.481 e. The number of carboxylic acids is 1. The van der Waals surface area contributed by atoms with Crippen LogP contribution in [0.1, 0.15) is 31.2 Å². The van der Waals surface area contributed by atoms with Crippen molar-refractivity contribution >= 4 is 12.0 Å². The van der Waals surface area contributed by atoms with Gasteiger partial charge in [-0.3, -0.25) is 4.79 Å². The molecule has 1 saturated heterocycles. The van der Waals surface area contributed by atoms with Gasteiger partial charge in [-0.15, -0.1) is 0 Å². The highest BCUT2D eigenvalue weighted by molar-refractivity contribution is 5.75. The molecule has 23 heavy (non-hydrogen) atoms. The summed E-state index contributed by atoms with van der Waals surface area (Å²) in [5, 5.41) is 11.8. The number of nitrogens with zero attached hydrogens (tertiary/aromatic N) is 1. The molecule has 126 valence electrons. The number of rotatable bonds is 7. The summed E-state index contributed by atoms with van der Waals surface area (Å²) >= 11 is 0. The maximum absolute atomic E-state index is 12.9. The molecule has 0 saturated carbocycles. The van der Waals surface area contributed by atoms with Crippen LogP contribution in [0.3, 0.4) is 0 Å². The van der Waals surface area contributed by atoms with Crippen LogP contribution in [0.25, 0.3) is 0 Å². The van der Waals surface area contributed by atoms with Crippen LogP contribution in [-0.4, -0.2) is 47.3 Å². The SMILES string of the molecule is O=C(O)CCC(Cc1ccccc1)NC(=O)N1CCCC1CF. The molecule has 0 aromatic heterocycles. The zero-order valence-corrected chi connectivity index (χ0v) is 13.1. The van der Waals surface area contributed by atoms with Crippen molar-refractivity contribution < 1.29 is 19.1 Å². The zero-order valence-electron chi connectivity index (χ0n) is 13.1. The Balaban J connectivity index is 1.98. The molecule has 1 aromatic rings.